The molecule has 0 spiro atoms. The molecule has 0 aliphatic carbocycles. The maximum Gasteiger partial charge on any atom is 0.341 e. The third kappa shape index (κ3) is 4.71. The van der Waals surface area contributed by atoms with Crippen LogP contribution in [0.3, 0.4) is 0 Å². The van der Waals surface area contributed by atoms with E-state index in [1.54, 1.807) is 36.4 Å². The molecule has 6 heteroatoms. The molecule has 1 aliphatic heterocycles. The average Bonchev–Trinajstić information content (AvgIpc) is 3.14. The molecule has 232 valence electrons. The zero-order valence-corrected chi connectivity index (χ0v) is 26.6. The fourth-order valence-electron chi connectivity index (χ4n) is 6.84. The standard InChI is InChI=1S/C42H29O5P/c43-39-32-23-13-14-24-35(32)46-36-26-25-33(40(44)38(36)39)37-27-34(28-15-5-1-6-16-28)41(42(45)47-37)48(29-17-7-2-8-18-29,30-19-9-3-10-20-30)31-21-11-4-12-22-31/h1-27,34,44H. The van der Waals surface area contributed by atoms with Gasteiger partial charge >= 0.3 is 5.97 Å². The van der Waals surface area contributed by atoms with Crippen LogP contribution in [0.15, 0.2) is 173 Å². The van der Waals surface area contributed by atoms with E-state index < -0.39 is 18.8 Å². The van der Waals surface area contributed by atoms with Crippen LogP contribution in [0.25, 0.3) is 27.7 Å². The first kappa shape index (κ1) is 29.5. The summed E-state index contributed by atoms with van der Waals surface area (Å²) in [5, 5.41) is 15.7. The number of hydrogen-bond acceptors (Lipinski definition) is 5. The van der Waals surface area contributed by atoms with Crippen molar-refractivity contribution in [3.8, 4) is 5.75 Å². The number of para-hydroxylation sites is 1. The van der Waals surface area contributed by atoms with E-state index in [0.717, 1.165) is 21.5 Å². The Kier molecular flexibility index (Phi) is 7.40. The van der Waals surface area contributed by atoms with Crippen LogP contribution < -0.4 is 21.3 Å². The Balaban J connectivity index is 1.47. The highest BCUT2D eigenvalue weighted by Crippen LogP contribution is 2.51. The van der Waals surface area contributed by atoms with Gasteiger partial charge in [0.1, 0.15) is 28.1 Å². The van der Waals surface area contributed by atoms with E-state index in [-0.39, 0.29) is 33.5 Å². The van der Waals surface area contributed by atoms with Gasteiger partial charge in [-0.15, -0.1) is 0 Å². The Hall–Kier alpha value is -5.90. The molecule has 0 amide bonds. The van der Waals surface area contributed by atoms with Gasteiger partial charge in [0.25, 0.3) is 0 Å². The second-order valence-corrected chi connectivity index (χ2v) is 15.0. The summed E-state index contributed by atoms with van der Waals surface area (Å²) >= 11 is 0. The minimum Gasteiger partial charge on any atom is -0.506 e. The van der Waals surface area contributed by atoms with Gasteiger partial charge in [0, 0.05) is 5.92 Å². The van der Waals surface area contributed by atoms with Gasteiger partial charge in [-0.05, 0) is 58.7 Å². The van der Waals surface area contributed by atoms with Crippen molar-refractivity contribution in [2.45, 2.75) is 5.92 Å². The van der Waals surface area contributed by atoms with E-state index in [4.69, 9.17) is 9.15 Å². The summed E-state index contributed by atoms with van der Waals surface area (Å²) in [6.45, 7) is -2.84. The number of benzene rings is 6. The molecule has 8 rings (SSSR count). The van der Waals surface area contributed by atoms with Gasteiger partial charge < -0.3 is 14.3 Å². The van der Waals surface area contributed by atoms with Gasteiger partial charge in [-0.1, -0.05) is 133 Å². The Morgan fingerprint density at radius 3 is 1.67 bits per heavy atom. The van der Waals surface area contributed by atoms with Crippen LogP contribution >= 0.6 is 6.89 Å². The minimum absolute atomic E-state index is 0.0360. The highest BCUT2D eigenvalue weighted by atomic mass is 31.2. The van der Waals surface area contributed by atoms with E-state index >= 15 is 0 Å². The summed E-state index contributed by atoms with van der Waals surface area (Å²) in [6.07, 6.45) is 1.90. The predicted octanol–water partition coefficient (Wildman–Crippen LogP) is 7.50. The Morgan fingerprint density at radius 1 is 0.562 bits per heavy atom. The van der Waals surface area contributed by atoms with Gasteiger partial charge in [-0.3, -0.25) is 4.79 Å². The van der Waals surface area contributed by atoms with Gasteiger partial charge in [0.2, 0.25) is 5.43 Å². The van der Waals surface area contributed by atoms with Crippen LogP contribution in [0.5, 0.6) is 5.75 Å². The van der Waals surface area contributed by atoms with E-state index in [2.05, 4.69) is 36.4 Å². The van der Waals surface area contributed by atoms with E-state index in [9.17, 15) is 14.7 Å². The van der Waals surface area contributed by atoms with Gasteiger partial charge in [0.15, 0.2) is 0 Å². The monoisotopic (exact) mass is 644 g/mol. The van der Waals surface area contributed by atoms with Crippen molar-refractivity contribution in [2.75, 3.05) is 0 Å². The Labute approximate surface area is 277 Å². The van der Waals surface area contributed by atoms with Crippen LogP contribution in [-0.4, -0.2) is 16.4 Å². The van der Waals surface area contributed by atoms with Crippen molar-refractivity contribution < 1.29 is 19.1 Å². The first-order valence-electron chi connectivity index (χ1n) is 15.7. The number of carbonyl (C=O) groups excluding carboxylic acids is 1. The number of ether oxygens (including phenoxy) is 1. The highest BCUT2D eigenvalue weighted by Gasteiger charge is 2.41. The SMILES string of the molecule is O=C1OC(c2ccc3oc4ccccc4c(=O)c3c2O)=CC(c2ccccc2)C1=P(c1ccccc1)(c1ccccc1)c1ccccc1. The number of allylic oxidation sites excluding steroid dienone is 1. The topological polar surface area (TPSA) is 76.7 Å². The lowest BCUT2D eigenvalue weighted by atomic mass is 9.91. The molecule has 0 bridgehead atoms. The molecule has 0 fully saturated rings. The molecule has 0 saturated heterocycles. The minimum atomic E-state index is -2.84. The van der Waals surface area contributed by atoms with Crippen molar-refractivity contribution >= 4 is 61.8 Å². The number of phenols is 1. The van der Waals surface area contributed by atoms with Gasteiger partial charge in [-0.2, -0.15) is 0 Å². The summed E-state index contributed by atoms with van der Waals surface area (Å²) in [5.74, 6) is -1.14. The molecule has 1 N–H and O–H groups in total. The lowest BCUT2D eigenvalue weighted by Crippen LogP contribution is -2.38. The maximum atomic E-state index is 14.9. The Bertz CT molecular complexity index is 2360. The van der Waals surface area contributed by atoms with Crippen molar-refractivity contribution in [2.24, 2.45) is 0 Å². The zero-order chi connectivity index (χ0) is 32.7. The summed E-state index contributed by atoms with van der Waals surface area (Å²) in [7, 11) is 0. The van der Waals surface area contributed by atoms with Crippen molar-refractivity contribution in [3.05, 3.63) is 185 Å². The molecule has 48 heavy (non-hydrogen) atoms. The molecule has 0 saturated carbocycles. The van der Waals surface area contributed by atoms with Crippen molar-refractivity contribution in [1.29, 1.82) is 0 Å². The summed E-state index contributed by atoms with van der Waals surface area (Å²) in [6, 6.07) is 50.6. The first-order chi connectivity index (χ1) is 23.6. The van der Waals surface area contributed by atoms with Crippen molar-refractivity contribution in [3.63, 3.8) is 0 Å². The number of hydrogen-bond donors (Lipinski definition) is 1. The van der Waals surface area contributed by atoms with Gasteiger partial charge in [-0.25, -0.2) is 4.79 Å². The van der Waals surface area contributed by atoms with Crippen LogP contribution in [0.4, 0.5) is 0 Å². The summed E-state index contributed by atoms with van der Waals surface area (Å²) < 4.78 is 12.3. The number of phenolic OH excluding ortho intramolecular Hbond substituents is 1. The second-order valence-electron chi connectivity index (χ2n) is 11.6. The number of carbonyl (C=O) groups is 1. The smallest absolute Gasteiger partial charge is 0.341 e. The van der Waals surface area contributed by atoms with Crippen LogP contribution in [0.2, 0.25) is 0 Å². The number of cyclic esters (lactones) is 1. The highest BCUT2D eigenvalue weighted by molar-refractivity contribution is 7.96. The number of aromatic hydroxyl groups is 1. The fourth-order valence-corrected chi connectivity index (χ4v) is 11.4. The zero-order valence-electron chi connectivity index (χ0n) is 25.7. The molecule has 5 nitrogen and oxygen atoms in total. The Morgan fingerprint density at radius 2 is 1.08 bits per heavy atom. The fraction of sp³-hybridized carbons (Fsp3) is 0.0238. The quantitative estimate of drug-likeness (QED) is 0.119. The molecule has 1 atom stereocenters. The second kappa shape index (κ2) is 12.0. The molecular weight excluding hydrogens is 615 g/mol. The lowest BCUT2D eigenvalue weighted by Gasteiger charge is -2.36. The molecular formula is C42H29O5P. The summed E-state index contributed by atoms with van der Waals surface area (Å²) in [5.41, 5.74) is 1.46. The van der Waals surface area contributed by atoms with Crippen molar-refractivity contribution in [1.82, 2.24) is 0 Å². The lowest BCUT2D eigenvalue weighted by molar-refractivity contribution is -0.129. The average molecular weight is 645 g/mol. The number of esters is 1. The normalized spacial score (nSPS) is 14.9. The largest absolute Gasteiger partial charge is 0.506 e. The first-order valence-corrected chi connectivity index (χ1v) is 17.5. The maximum absolute atomic E-state index is 14.9. The third-order valence-corrected chi connectivity index (χ3v) is 13.4. The van der Waals surface area contributed by atoms with Gasteiger partial charge in [0.05, 0.1) is 16.2 Å². The molecule has 7 aromatic rings. The van der Waals surface area contributed by atoms with Crippen LogP contribution in [0, 0.1) is 0 Å². The molecule has 1 aliphatic rings. The van der Waals surface area contributed by atoms with E-state index in [0.29, 0.717) is 16.3 Å². The van der Waals surface area contributed by atoms with E-state index in [1.807, 2.05) is 91.0 Å². The predicted molar refractivity (Wildman–Crippen MR) is 195 cm³/mol. The molecule has 1 aromatic heterocycles. The van der Waals surface area contributed by atoms with Crippen LogP contribution in [0.1, 0.15) is 17.0 Å². The van der Waals surface area contributed by atoms with E-state index in [1.165, 1.54) is 0 Å². The summed E-state index contributed by atoms with van der Waals surface area (Å²) in [4.78, 5) is 28.5. The molecule has 2 heterocycles. The number of rotatable bonds is 5. The number of fused-ring (bicyclic) bond motifs is 2. The molecule has 6 aromatic carbocycles. The molecule has 0 radical (unpaired) electrons. The third-order valence-electron chi connectivity index (χ3n) is 8.96. The molecule has 1 unspecified atom stereocenters. The van der Waals surface area contributed by atoms with Crippen LogP contribution in [-0.2, 0) is 9.53 Å².